The van der Waals surface area contributed by atoms with Crippen LogP contribution in [-0.4, -0.2) is 19.3 Å². The van der Waals surface area contributed by atoms with Gasteiger partial charge < -0.3 is 5.32 Å². The minimum absolute atomic E-state index is 0.0219. The fourth-order valence-electron chi connectivity index (χ4n) is 2.61. The molecule has 0 unspecified atom stereocenters. The van der Waals surface area contributed by atoms with Crippen LogP contribution in [0.2, 0.25) is 5.02 Å². The largest absolute Gasteiger partial charge is 0.326 e. The number of pyridine rings is 1. The molecule has 1 aromatic heterocycles. The number of aromatic nitrogens is 1. The van der Waals surface area contributed by atoms with Crippen LogP contribution in [-0.2, 0) is 21.2 Å². The summed E-state index contributed by atoms with van der Waals surface area (Å²) in [5, 5.41) is 18.0. The van der Waals surface area contributed by atoms with Crippen molar-refractivity contribution >= 4 is 44.0 Å². The van der Waals surface area contributed by atoms with E-state index in [1.807, 2.05) is 6.07 Å². The molecule has 7 nitrogen and oxygen atoms in total. The van der Waals surface area contributed by atoms with Gasteiger partial charge in [0, 0.05) is 27.7 Å². The zero-order valence-electron chi connectivity index (χ0n) is 13.8. The molecule has 1 heterocycles. The van der Waals surface area contributed by atoms with Crippen molar-refractivity contribution in [1.29, 1.82) is 5.26 Å². The highest BCUT2D eigenvalue weighted by molar-refractivity contribution is 7.89. The lowest BCUT2D eigenvalue weighted by Crippen LogP contribution is -2.17. The Hall–Kier alpha value is -2.99. The highest BCUT2D eigenvalue weighted by atomic mass is 35.5. The van der Waals surface area contributed by atoms with Crippen molar-refractivity contribution in [2.45, 2.75) is 11.3 Å². The van der Waals surface area contributed by atoms with Crippen LogP contribution in [0.4, 0.5) is 5.69 Å². The highest BCUT2D eigenvalue weighted by Gasteiger charge is 2.16. The Labute approximate surface area is 160 Å². The summed E-state index contributed by atoms with van der Waals surface area (Å²) in [7, 11) is -4.09. The number of sulfonamides is 1. The number of primary sulfonamides is 1. The number of nitrogens with zero attached hydrogens (tertiary/aromatic N) is 2. The molecule has 3 aromatic rings. The Morgan fingerprint density at radius 2 is 2.00 bits per heavy atom. The van der Waals surface area contributed by atoms with Crippen LogP contribution in [0.3, 0.4) is 0 Å². The number of hydrogen-bond donors (Lipinski definition) is 2. The summed E-state index contributed by atoms with van der Waals surface area (Å²) in [4.78, 5) is 16.0. The number of halogens is 1. The van der Waals surface area contributed by atoms with E-state index in [0.29, 0.717) is 16.0 Å². The number of carbonyl (C=O) groups is 1. The summed E-state index contributed by atoms with van der Waals surface area (Å²) in [5.74, 6) is -0.371. The van der Waals surface area contributed by atoms with Gasteiger partial charge in [-0.25, -0.2) is 18.5 Å². The third-order valence-corrected chi connectivity index (χ3v) is 5.13. The zero-order chi connectivity index (χ0) is 19.6. The van der Waals surface area contributed by atoms with Crippen molar-refractivity contribution in [1.82, 2.24) is 4.98 Å². The Kier molecular flexibility index (Phi) is 5.10. The maximum Gasteiger partial charge on any atom is 0.238 e. The summed E-state index contributed by atoms with van der Waals surface area (Å²) in [6.45, 7) is 0. The van der Waals surface area contributed by atoms with Crippen molar-refractivity contribution in [2.75, 3.05) is 5.32 Å². The van der Waals surface area contributed by atoms with E-state index in [1.54, 1.807) is 30.3 Å². The molecule has 0 aliphatic rings. The first-order chi connectivity index (χ1) is 12.8. The number of carbonyl (C=O) groups excluding carboxylic acids is 1. The number of hydrogen-bond acceptors (Lipinski definition) is 5. The Morgan fingerprint density at radius 1 is 1.26 bits per heavy atom. The number of benzene rings is 2. The maximum absolute atomic E-state index is 12.3. The summed E-state index contributed by atoms with van der Waals surface area (Å²) in [5.41, 5.74) is 0.947. The number of nitrogens with one attached hydrogen (secondary N) is 1. The second-order valence-corrected chi connectivity index (χ2v) is 7.68. The van der Waals surface area contributed by atoms with Crippen molar-refractivity contribution in [3.63, 3.8) is 0 Å². The molecule has 136 valence electrons. The van der Waals surface area contributed by atoms with Crippen LogP contribution in [0.15, 0.2) is 53.6 Å². The molecule has 0 aliphatic heterocycles. The second kappa shape index (κ2) is 7.32. The van der Waals surface area contributed by atoms with Gasteiger partial charge in [-0.05, 0) is 29.8 Å². The van der Waals surface area contributed by atoms with E-state index in [2.05, 4.69) is 10.3 Å². The number of rotatable bonds is 4. The Bertz CT molecular complexity index is 1200. The first kappa shape index (κ1) is 18.8. The molecular weight excluding hydrogens is 388 g/mol. The van der Waals surface area contributed by atoms with Crippen molar-refractivity contribution < 1.29 is 13.2 Å². The van der Waals surface area contributed by atoms with Crippen LogP contribution >= 0.6 is 11.6 Å². The van der Waals surface area contributed by atoms with Gasteiger partial charge >= 0.3 is 0 Å². The van der Waals surface area contributed by atoms with Crippen LogP contribution in [0.5, 0.6) is 0 Å². The summed E-state index contributed by atoms with van der Waals surface area (Å²) in [6, 6.07) is 12.9. The molecule has 2 aromatic carbocycles. The number of fused-ring (bicyclic) bond motifs is 1. The van der Waals surface area contributed by atoms with E-state index >= 15 is 0 Å². The number of nitriles is 1. The third kappa shape index (κ3) is 4.23. The maximum atomic E-state index is 12.3. The molecule has 0 saturated carbocycles. The average Bonchev–Trinajstić information content (AvgIpc) is 2.61. The van der Waals surface area contributed by atoms with Gasteiger partial charge in [0.1, 0.15) is 11.8 Å². The fraction of sp³-hybridized carbons (Fsp3) is 0.0556. The van der Waals surface area contributed by atoms with Gasteiger partial charge in [0.05, 0.1) is 11.3 Å². The standard InChI is InChI=1S/C18H13ClN4O3S/c19-16-4-2-1-3-11(16)6-18(24)23-13-5-12-10-22-14(9-20)7-15(12)17(8-13)27(21,25)26/h1-5,7-8,10H,6H2,(H,23,24)(H2,21,25,26). The number of anilines is 1. The molecule has 0 spiro atoms. The molecule has 0 radical (unpaired) electrons. The van der Waals surface area contributed by atoms with Gasteiger partial charge in [0.25, 0.3) is 0 Å². The number of amides is 1. The van der Waals surface area contributed by atoms with Gasteiger partial charge in [-0.15, -0.1) is 0 Å². The molecule has 3 rings (SSSR count). The molecular formula is C18H13ClN4O3S. The lowest BCUT2D eigenvalue weighted by Gasteiger charge is -2.11. The molecule has 9 heteroatoms. The predicted molar refractivity (Wildman–Crippen MR) is 102 cm³/mol. The minimum atomic E-state index is -4.09. The van der Waals surface area contributed by atoms with Crippen LogP contribution in [0, 0.1) is 11.3 Å². The lowest BCUT2D eigenvalue weighted by atomic mass is 10.1. The second-order valence-electron chi connectivity index (χ2n) is 5.74. The van der Waals surface area contributed by atoms with E-state index in [9.17, 15) is 13.2 Å². The third-order valence-electron chi connectivity index (χ3n) is 3.81. The lowest BCUT2D eigenvalue weighted by molar-refractivity contribution is -0.115. The summed E-state index contributed by atoms with van der Waals surface area (Å²) in [6.07, 6.45) is 1.38. The smallest absolute Gasteiger partial charge is 0.238 e. The van der Waals surface area contributed by atoms with E-state index in [0.717, 1.165) is 0 Å². The van der Waals surface area contributed by atoms with Crippen molar-refractivity contribution in [2.24, 2.45) is 5.14 Å². The van der Waals surface area contributed by atoms with Gasteiger partial charge in [0.15, 0.2) is 0 Å². The van der Waals surface area contributed by atoms with Crippen molar-refractivity contribution in [3.8, 4) is 6.07 Å². The molecule has 3 N–H and O–H groups in total. The zero-order valence-corrected chi connectivity index (χ0v) is 15.4. The van der Waals surface area contributed by atoms with Crippen LogP contribution < -0.4 is 10.5 Å². The van der Waals surface area contributed by atoms with Gasteiger partial charge in [-0.2, -0.15) is 5.26 Å². The quantitative estimate of drug-likeness (QED) is 0.696. The Morgan fingerprint density at radius 3 is 2.67 bits per heavy atom. The van der Waals surface area contributed by atoms with E-state index in [4.69, 9.17) is 22.0 Å². The highest BCUT2D eigenvalue weighted by Crippen LogP contribution is 2.27. The topological polar surface area (TPSA) is 126 Å². The fourth-order valence-corrected chi connectivity index (χ4v) is 3.59. The average molecular weight is 401 g/mol. The SMILES string of the molecule is N#Cc1cc2c(S(N)(=O)=O)cc(NC(=O)Cc3ccccc3Cl)cc2cn1. The molecule has 0 saturated heterocycles. The van der Waals surface area contributed by atoms with Crippen molar-refractivity contribution in [3.05, 3.63) is 64.9 Å². The van der Waals surface area contributed by atoms with Gasteiger partial charge in [-0.1, -0.05) is 29.8 Å². The minimum Gasteiger partial charge on any atom is -0.326 e. The molecule has 27 heavy (non-hydrogen) atoms. The monoisotopic (exact) mass is 400 g/mol. The van der Waals surface area contributed by atoms with Crippen LogP contribution in [0.1, 0.15) is 11.3 Å². The first-order valence-electron chi connectivity index (χ1n) is 7.68. The molecule has 0 bridgehead atoms. The normalized spacial score (nSPS) is 11.1. The molecule has 0 atom stereocenters. The van der Waals surface area contributed by atoms with E-state index < -0.39 is 10.0 Å². The van der Waals surface area contributed by atoms with Gasteiger partial charge in [0.2, 0.25) is 15.9 Å². The summed E-state index contributed by atoms with van der Waals surface area (Å²) >= 11 is 6.05. The predicted octanol–water partition coefficient (Wildman–Crippen LogP) is 2.59. The Balaban J connectivity index is 1.99. The summed E-state index contributed by atoms with van der Waals surface area (Å²) < 4.78 is 23.9. The molecule has 1 amide bonds. The molecule has 0 fully saturated rings. The van der Waals surface area contributed by atoms with Gasteiger partial charge in [-0.3, -0.25) is 4.79 Å². The molecule has 0 aliphatic carbocycles. The first-order valence-corrected chi connectivity index (χ1v) is 9.60. The van der Waals surface area contributed by atoms with E-state index in [1.165, 1.54) is 18.3 Å². The number of nitrogens with two attached hydrogens (primary N) is 1. The van der Waals surface area contributed by atoms with Crippen LogP contribution in [0.25, 0.3) is 10.8 Å². The van der Waals surface area contributed by atoms with E-state index in [-0.39, 0.29) is 34.0 Å².